The summed E-state index contributed by atoms with van der Waals surface area (Å²) in [4.78, 5) is 22.1. The Balaban J connectivity index is 5.13. The van der Waals surface area contributed by atoms with E-state index in [-0.39, 0.29) is 0 Å². The van der Waals surface area contributed by atoms with Gasteiger partial charge >= 0.3 is 0 Å². The molecule has 19 heavy (non-hydrogen) atoms. The number of aliphatic hydroxyl groups is 5. The van der Waals surface area contributed by atoms with Crippen LogP contribution in [0.4, 0.5) is 0 Å². The molecule has 0 aliphatic carbocycles. The SMILES string of the molecule is CN[C@](O)(C(=O)C=CC(N)=O)[C@@H](O)[C@H](O)[C@H](O)CO. The normalized spacial score (nSPS) is 19.7. The van der Waals surface area contributed by atoms with Gasteiger partial charge in [0.05, 0.1) is 6.61 Å². The molecule has 9 nitrogen and oxygen atoms in total. The molecule has 0 heterocycles. The Labute approximate surface area is 109 Å². The second-order valence-corrected chi connectivity index (χ2v) is 3.80. The van der Waals surface area contributed by atoms with Crippen molar-refractivity contribution in [1.29, 1.82) is 0 Å². The molecule has 4 atom stereocenters. The maximum atomic E-state index is 11.6. The maximum absolute atomic E-state index is 11.6. The topological polar surface area (TPSA) is 173 Å². The molecule has 0 aliphatic rings. The first-order valence-corrected chi connectivity index (χ1v) is 5.29. The lowest BCUT2D eigenvalue weighted by molar-refractivity contribution is -0.177. The predicted molar refractivity (Wildman–Crippen MR) is 62.5 cm³/mol. The summed E-state index contributed by atoms with van der Waals surface area (Å²) < 4.78 is 0. The summed E-state index contributed by atoms with van der Waals surface area (Å²) in [7, 11) is 1.11. The molecule has 0 unspecified atom stereocenters. The first-order valence-electron chi connectivity index (χ1n) is 5.29. The summed E-state index contributed by atoms with van der Waals surface area (Å²) in [6.07, 6.45) is -4.63. The van der Waals surface area contributed by atoms with Crippen LogP contribution in [-0.2, 0) is 9.59 Å². The van der Waals surface area contributed by atoms with Gasteiger partial charge in [-0.15, -0.1) is 0 Å². The minimum absolute atomic E-state index is 0.611. The molecular weight excluding hydrogens is 260 g/mol. The molecule has 0 spiro atoms. The van der Waals surface area contributed by atoms with Gasteiger partial charge < -0.3 is 31.3 Å². The Bertz CT molecular complexity index is 360. The zero-order valence-corrected chi connectivity index (χ0v) is 10.2. The number of nitrogens with two attached hydrogens (primary N) is 1. The van der Waals surface area contributed by atoms with E-state index in [1.54, 1.807) is 0 Å². The molecule has 8 N–H and O–H groups in total. The number of carbonyl (C=O) groups is 2. The third-order valence-corrected chi connectivity index (χ3v) is 2.49. The van der Waals surface area contributed by atoms with Gasteiger partial charge in [0.1, 0.15) is 18.3 Å². The van der Waals surface area contributed by atoms with Gasteiger partial charge in [0.25, 0.3) is 0 Å². The van der Waals surface area contributed by atoms with Crippen LogP contribution in [0.15, 0.2) is 12.2 Å². The van der Waals surface area contributed by atoms with Crippen molar-refractivity contribution in [2.24, 2.45) is 5.73 Å². The Morgan fingerprint density at radius 2 is 1.84 bits per heavy atom. The summed E-state index contributed by atoms with van der Waals surface area (Å²) in [5.41, 5.74) is 2.11. The third-order valence-electron chi connectivity index (χ3n) is 2.49. The lowest BCUT2D eigenvalue weighted by atomic mass is 9.93. The summed E-state index contributed by atoms with van der Waals surface area (Å²) in [5.74, 6) is -2.11. The third kappa shape index (κ3) is 4.35. The van der Waals surface area contributed by atoms with Crippen LogP contribution in [0.5, 0.6) is 0 Å². The van der Waals surface area contributed by atoms with Gasteiger partial charge in [-0.1, -0.05) is 0 Å². The van der Waals surface area contributed by atoms with Crippen molar-refractivity contribution in [2.45, 2.75) is 24.0 Å². The fourth-order valence-corrected chi connectivity index (χ4v) is 1.27. The van der Waals surface area contributed by atoms with Crippen LogP contribution >= 0.6 is 0 Å². The van der Waals surface area contributed by atoms with Crippen LogP contribution in [0.2, 0.25) is 0 Å². The van der Waals surface area contributed by atoms with E-state index in [1.807, 2.05) is 0 Å². The van der Waals surface area contributed by atoms with Gasteiger partial charge in [-0.3, -0.25) is 14.9 Å². The first-order chi connectivity index (χ1) is 8.70. The van der Waals surface area contributed by atoms with Crippen molar-refractivity contribution in [2.75, 3.05) is 13.7 Å². The van der Waals surface area contributed by atoms with Crippen LogP contribution in [0.25, 0.3) is 0 Å². The summed E-state index contributed by atoms with van der Waals surface area (Å²) >= 11 is 0. The molecule has 9 heteroatoms. The largest absolute Gasteiger partial charge is 0.394 e. The molecule has 0 aromatic carbocycles. The Kier molecular flexibility index (Phi) is 6.76. The van der Waals surface area contributed by atoms with E-state index < -0.39 is 42.3 Å². The quantitative estimate of drug-likeness (QED) is 0.172. The number of likely N-dealkylation sites (N-methyl/N-ethyl adjacent to an activating group) is 1. The highest BCUT2D eigenvalue weighted by Crippen LogP contribution is 2.15. The van der Waals surface area contributed by atoms with Crippen molar-refractivity contribution >= 4 is 11.7 Å². The smallest absolute Gasteiger partial charge is 0.241 e. The van der Waals surface area contributed by atoms with E-state index in [9.17, 15) is 24.9 Å². The number of aliphatic hydroxyl groups excluding tert-OH is 4. The standard InChI is InChI=1S/C10H18N2O7/c1-12-10(19,6(15)2-3-7(11)16)9(18)8(17)5(14)4-13/h2-3,5,8-9,12-14,17-19H,4H2,1H3,(H2,11,16)/t5-,8-,9+,10+/m1/s1. The summed E-state index contributed by atoms with van der Waals surface area (Å²) in [5, 5.41) is 48.9. The number of rotatable bonds is 8. The van der Waals surface area contributed by atoms with E-state index in [1.165, 1.54) is 0 Å². The van der Waals surface area contributed by atoms with Crippen molar-refractivity contribution < 1.29 is 35.1 Å². The molecule has 0 fully saturated rings. The fourth-order valence-electron chi connectivity index (χ4n) is 1.27. The summed E-state index contributed by atoms with van der Waals surface area (Å²) in [6.45, 7) is -0.886. The first kappa shape index (κ1) is 17.6. The number of carbonyl (C=O) groups excluding carboxylic acids is 2. The van der Waals surface area contributed by atoms with Crippen LogP contribution < -0.4 is 11.1 Å². The lowest BCUT2D eigenvalue weighted by Gasteiger charge is -2.34. The number of ketones is 1. The highest BCUT2D eigenvalue weighted by Gasteiger charge is 2.46. The molecular formula is C10H18N2O7. The van der Waals surface area contributed by atoms with Crippen molar-refractivity contribution in [3.8, 4) is 0 Å². The molecule has 0 radical (unpaired) electrons. The maximum Gasteiger partial charge on any atom is 0.241 e. The molecule has 0 bridgehead atoms. The van der Waals surface area contributed by atoms with E-state index in [2.05, 4.69) is 5.32 Å². The second-order valence-electron chi connectivity index (χ2n) is 3.80. The minimum atomic E-state index is -2.65. The highest BCUT2D eigenvalue weighted by molar-refractivity contribution is 6.01. The zero-order valence-electron chi connectivity index (χ0n) is 10.2. The van der Waals surface area contributed by atoms with Crippen molar-refractivity contribution in [3.63, 3.8) is 0 Å². The number of nitrogens with one attached hydrogen (secondary N) is 1. The van der Waals surface area contributed by atoms with Gasteiger partial charge in [-0.25, -0.2) is 0 Å². The minimum Gasteiger partial charge on any atom is -0.394 e. The predicted octanol–water partition coefficient (Wildman–Crippen LogP) is -4.42. The molecule has 0 aromatic rings. The molecule has 1 amide bonds. The molecule has 110 valence electrons. The zero-order chi connectivity index (χ0) is 15.2. The average molecular weight is 278 g/mol. The monoisotopic (exact) mass is 278 g/mol. The van der Waals surface area contributed by atoms with E-state index >= 15 is 0 Å². The van der Waals surface area contributed by atoms with Crippen molar-refractivity contribution in [3.05, 3.63) is 12.2 Å². The molecule has 0 saturated heterocycles. The Morgan fingerprint density at radius 1 is 1.32 bits per heavy atom. The number of amides is 1. The molecule has 0 saturated carbocycles. The molecule has 0 rings (SSSR count). The van der Waals surface area contributed by atoms with Crippen LogP contribution in [0.1, 0.15) is 0 Å². The van der Waals surface area contributed by atoms with Crippen LogP contribution in [0.3, 0.4) is 0 Å². The second kappa shape index (κ2) is 7.28. The van der Waals surface area contributed by atoms with Crippen LogP contribution in [0, 0.1) is 0 Å². The average Bonchev–Trinajstić information content (AvgIpc) is 2.40. The number of hydrogen-bond donors (Lipinski definition) is 7. The van der Waals surface area contributed by atoms with Gasteiger partial charge in [-0.05, 0) is 13.1 Å². The van der Waals surface area contributed by atoms with Gasteiger partial charge in [0.15, 0.2) is 0 Å². The number of primary amides is 1. The van der Waals surface area contributed by atoms with E-state index in [0.29, 0.717) is 12.2 Å². The van der Waals surface area contributed by atoms with Gasteiger partial charge in [0, 0.05) is 6.08 Å². The Hall–Kier alpha value is -1.36. The number of hydrogen-bond acceptors (Lipinski definition) is 8. The molecule has 0 aliphatic heterocycles. The van der Waals surface area contributed by atoms with Gasteiger partial charge in [0.2, 0.25) is 17.4 Å². The summed E-state index contributed by atoms with van der Waals surface area (Å²) in [6, 6.07) is 0. The highest BCUT2D eigenvalue weighted by atomic mass is 16.4. The molecule has 0 aromatic heterocycles. The fraction of sp³-hybridized carbons (Fsp3) is 0.600. The lowest BCUT2D eigenvalue weighted by Crippen LogP contribution is -2.64. The van der Waals surface area contributed by atoms with E-state index in [4.69, 9.17) is 15.9 Å². The van der Waals surface area contributed by atoms with Crippen LogP contribution in [-0.4, -0.2) is 74.9 Å². The Morgan fingerprint density at radius 3 is 2.21 bits per heavy atom. The van der Waals surface area contributed by atoms with Crippen molar-refractivity contribution in [1.82, 2.24) is 5.32 Å². The van der Waals surface area contributed by atoms with E-state index in [0.717, 1.165) is 7.05 Å². The van der Waals surface area contributed by atoms with Gasteiger partial charge in [-0.2, -0.15) is 0 Å².